The van der Waals surface area contributed by atoms with E-state index in [0.29, 0.717) is 12.8 Å². The van der Waals surface area contributed by atoms with Crippen molar-refractivity contribution in [2.75, 3.05) is 5.32 Å². The number of carbonyl (C=O) groups excluding carboxylic acids is 1. The summed E-state index contributed by atoms with van der Waals surface area (Å²) in [5.74, 6) is -3.97. The largest absolute Gasteiger partial charge is 0.322 e. The summed E-state index contributed by atoms with van der Waals surface area (Å²) in [6, 6.07) is 5.45. The Hall–Kier alpha value is -2.39. The van der Waals surface area contributed by atoms with Crippen LogP contribution in [0.25, 0.3) is 0 Å². The van der Waals surface area contributed by atoms with Crippen molar-refractivity contribution in [2.24, 2.45) is 0 Å². The van der Waals surface area contributed by atoms with Crippen molar-refractivity contribution in [3.8, 4) is 0 Å². The molecule has 0 bridgehead atoms. The molecule has 0 heterocycles. The molecule has 1 saturated carbocycles. The van der Waals surface area contributed by atoms with E-state index in [9.17, 15) is 26.4 Å². The van der Waals surface area contributed by atoms with E-state index in [1.54, 1.807) is 0 Å². The summed E-state index contributed by atoms with van der Waals surface area (Å²) in [6.07, 6.45) is 4.18. The zero-order valence-electron chi connectivity index (χ0n) is 14.8. The van der Waals surface area contributed by atoms with Gasteiger partial charge in [0.05, 0.1) is 0 Å². The molecule has 0 unspecified atom stereocenters. The molecule has 28 heavy (non-hydrogen) atoms. The molecule has 3 rings (SSSR count). The van der Waals surface area contributed by atoms with E-state index < -0.39 is 38.3 Å². The van der Waals surface area contributed by atoms with Gasteiger partial charge in [0, 0.05) is 23.4 Å². The van der Waals surface area contributed by atoms with Crippen LogP contribution >= 0.6 is 0 Å². The van der Waals surface area contributed by atoms with Crippen molar-refractivity contribution in [3.63, 3.8) is 0 Å². The van der Waals surface area contributed by atoms with Crippen LogP contribution in [0.2, 0.25) is 0 Å². The third kappa shape index (κ3) is 4.71. The Morgan fingerprint density at radius 3 is 2.25 bits per heavy atom. The van der Waals surface area contributed by atoms with E-state index in [-0.39, 0.29) is 17.3 Å². The van der Waals surface area contributed by atoms with Gasteiger partial charge in [0.25, 0.3) is 5.91 Å². The van der Waals surface area contributed by atoms with Crippen LogP contribution in [0.3, 0.4) is 0 Å². The van der Waals surface area contributed by atoms with Gasteiger partial charge in [-0.05, 0) is 43.2 Å². The molecule has 1 aliphatic rings. The van der Waals surface area contributed by atoms with Crippen molar-refractivity contribution in [2.45, 2.75) is 43.0 Å². The fourth-order valence-corrected chi connectivity index (χ4v) is 4.54. The maximum absolute atomic E-state index is 14.2. The van der Waals surface area contributed by atoms with Crippen molar-refractivity contribution < 1.29 is 26.4 Å². The molecule has 9 heteroatoms. The fourth-order valence-electron chi connectivity index (χ4n) is 3.13. The fraction of sp³-hybridized carbons (Fsp3) is 0.316. The molecule has 2 aromatic carbocycles. The van der Waals surface area contributed by atoms with Gasteiger partial charge < -0.3 is 5.32 Å². The van der Waals surface area contributed by atoms with Crippen molar-refractivity contribution >= 4 is 21.6 Å². The molecule has 1 aliphatic carbocycles. The summed E-state index contributed by atoms with van der Waals surface area (Å²) in [7, 11) is -4.15. The van der Waals surface area contributed by atoms with Gasteiger partial charge in [-0.25, -0.2) is 26.3 Å². The average molecular weight is 412 g/mol. The highest BCUT2D eigenvalue weighted by Crippen LogP contribution is 2.22. The van der Waals surface area contributed by atoms with Gasteiger partial charge in [0.15, 0.2) is 11.6 Å². The molecule has 0 radical (unpaired) electrons. The minimum absolute atomic E-state index is 0.0158. The lowest BCUT2D eigenvalue weighted by atomic mass is 9.96. The Morgan fingerprint density at radius 1 is 0.893 bits per heavy atom. The molecule has 1 fully saturated rings. The Kier molecular flexibility index (Phi) is 6.04. The second-order valence-corrected chi connectivity index (χ2v) is 8.37. The molecule has 0 aromatic heterocycles. The predicted octanol–water partition coefficient (Wildman–Crippen LogP) is 3.97. The highest BCUT2D eigenvalue weighted by atomic mass is 32.2. The number of amides is 1. The maximum Gasteiger partial charge on any atom is 0.255 e. The topological polar surface area (TPSA) is 75.3 Å². The maximum atomic E-state index is 14.2. The smallest absolute Gasteiger partial charge is 0.255 e. The van der Waals surface area contributed by atoms with Crippen molar-refractivity contribution in [3.05, 3.63) is 59.4 Å². The van der Waals surface area contributed by atoms with Gasteiger partial charge in [-0.1, -0.05) is 19.3 Å². The molecule has 150 valence electrons. The third-order valence-corrected chi connectivity index (χ3v) is 6.12. The molecule has 0 spiro atoms. The average Bonchev–Trinajstić information content (AvgIpc) is 2.65. The molecule has 0 aliphatic heterocycles. The normalized spacial score (nSPS) is 15.4. The Bertz CT molecular complexity index is 990. The number of hydrogen-bond donors (Lipinski definition) is 2. The van der Waals surface area contributed by atoms with Crippen LogP contribution in [-0.2, 0) is 10.0 Å². The van der Waals surface area contributed by atoms with Crippen LogP contribution in [0, 0.1) is 17.5 Å². The minimum atomic E-state index is -4.15. The molecular formula is C19H19F3N2O3S. The van der Waals surface area contributed by atoms with Gasteiger partial charge in [-0.2, -0.15) is 0 Å². The lowest BCUT2D eigenvalue weighted by Gasteiger charge is -2.22. The number of sulfonamides is 1. The second kappa shape index (κ2) is 8.32. The van der Waals surface area contributed by atoms with Gasteiger partial charge in [0.2, 0.25) is 10.0 Å². The summed E-state index contributed by atoms with van der Waals surface area (Å²) in [5.41, 5.74) is -0.145. The Balaban J connectivity index is 1.81. The summed E-state index contributed by atoms with van der Waals surface area (Å²) < 4.78 is 68.0. The summed E-state index contributed by atoms with van der Waals surface area (Å²) >= 11 is 0. The number of rotatable bonds is 5. The van der Waals surface area contributed by atoms with E-state index >= 15 is 0 Å². The molecule has 0 saturated heterocycles. The van der Waals surface area contributed by atoms with E-state index in [1.165, 1.54) is 0 Å². The lowest BCUT2D eigenvalue weighted by Crippen LogP contribution is -2.36. The van der Waals surface area contributed by atoms with Crippen LogP contribution in [-0.4, -0.2) is 20.4 Å². The number of hydrogen-bond acceptors (Lipinski definition) is 3. The molecule has 5 nitrogen and oxygen atoms in total. The van der Waals surface area contributed by atoms with Crippen LogP contribution in [0.5, 0.6) is 0 Å². The first-order chi connectivity index (χ1) is 13.3. The number of carbonyl (C=O) groups is 1. The molecule has 2 aromatic rings. The standard InChI is InChI=1S/C19H19F3N2O3S/c20-15-9-7-14(11-17(15)22)23-19(25)12-6-8-16(21)18(10-12)28(26,27)24-13-4-2-1-3-5-13/h6-11,13,24H,1-5H2,(H,23,25). The quantitative estimate of drug-likeness (QED) is 0.780. The minimum Gasteiger partial charge on any atom is -0.322 e. The van der Waals surface area contributed by atoms with Crippen LogP contribution < -0.4 is 10.0 Å². The van der Waals surface area contributed by atoms with E-state index in [1.807, 2.05) is 0 Å². The van der Waals surface area contributed by atoms with Crippen LogP contribution in [0.1, 0.15) is 42.5 Å². The first kappa shape index (κ1) is 20.3. The zero-order chi connectivity index (χ0) is 20.3. The molecule has 1 amide bonds. The zero-order valence-corrected chi connectivity index (χ0v) is 15.7. The SMILES string of the molecule is O=C(Nc1ccc(F)c(F)c1)c1ccc(F)c(S(=O)(=O)NC2CCCCC2)c1. The first-order valence-electron chi connectivity index (χ1n) is 8.84. The summed E-state index contributed by atoms with van der Waals surface area (Å²) in [6.45, 7) is 0. The molecular weight excluding hydrogens is 393 g/mol. The Labute approximate surface area is 161 Å². The predicted molar refractivity (Wildman–Crippen MR) is 97.9 cm³/mol. The van der Waals surface area contributed by atoms with Gasteiger partial charge in [-0.15, -0.1) is 0 Å². The van der Waals surface area contributed by atoms with Gasteiger partial charge in [0.1, 0.15) is 10.7 Å². The number of nitrogens with one attached hydrogen (secondary N) is 2. The van der Waals surface area contributed by atoms with Gasteiger partial charge in [-0.3, -0.25) is 4.79 Å². The van der Waals surface area contributed by atoms with Crippen LogP contribution in [0.4, 0.5) is 18.9 Å². The third-order valence-electron chi connectivity index (χ3n) is 4.59. The van der Waals surface area contributed by atoms with Crippen LogP contribution in [0.15, 0.2) is 41.3 Å². The Morgan fingerprint density at radius 2 is 1.57 bits per heavy atom. The summed E-state index contributed by atoms with van der Waals surface area (Å²) in [4.78, 5) is 11.7. The number of anilines is 1. The molecule has 2 N–H and O–H groups in total. The van der Waals surface area contributed by atoms with Crippen molar-refractivity contribution in [1.29, 1.82) is 0 Å². The highest BCUT2D eigenvalue weighted by Gasteiger charge is 2.25. The molecule has 0 atom stereocenters. The monoisotopic (exact) mass is 412 g/mol. The highest BCUT2D eigenvalue weighted by molar-refractivity contribution is 7.89. The van der Waals surface area contributed by atoms with E-state index in [2.05, 4.69) is 10.0 Å². The van der Waals surface area contributed by atoms with Crippen molar-refractivity contribution in [1.82, 2.24) is 4.72 Å². The van der Waals surface area contributed by atoms with E-state index in [4.69, 9.17) is 0 Å². The number of benzene rings is 2. The van der Waals surface area contributed by atoms with E-state index in [0.717, 1.165) is 55.7 Å². The van der Waals surface area contributed by atoms with Gasteiger partial charge >= 0.3 is 0 Å². The second-order valence-electron chi connectivity index (χ2n) is 6.68. The lowest BCUT2D eigenvalue weighted by molar-refractivity contribution is 0.102. The summed E-state index contributed by atoms with van der Waals surface area (Å²) in [5, 5.41) is 2.32. The number of halogens is 3. The first-order valence-corrected chi connectivity index (χ1v) is 10.3.